The Bertz CT molecular complexity index is 538. The summed E-state index contributed by atoms with van der Waals surface area (Å²) in [6, 6.07) is 0. The zero-order chi connectivity index (χ0) is 22.6. The number of ether oxygens (including phenoxy) is 2. The molecule has 0 radical (unpaired) electrons. The van der Waals surface area contributed by atoms with Crippen molar-refractivity contribution in [1.82, 2.24) is 0 Å². The number of unbranched alkanes of at least 4 members (excludes halogenated alkanes) is 8. The Balaban J connectivity index is 3.61. The minimum absolute atomic E-state index is 0.247. The monoisotopic (exact) mass is 424 g/mol. The molecule has 0 aromatic rings. The van der Waals surface area contributed by atoms with E-state index in [0.717, 1.165) is 38.5 Å². The molecular weight excluding hydrogens is 384 g/mol. The first-order valence-electron chi connectivity index (χ1n) is 11.3. The van der Waals surface area contributed by atoms with Crippen molar-refractivity contribution < 1.29 is 29.0 Å². The van der Waals surface area contributed by atoms with Crippen LogP contribution in [0.2, 0.25) is 0 Å². The van der Waals surface area contributed by atoms with E-state index in [1.165, 1.54) is 39.5 Å². The molecular formula is C24H40O6. The summed E-state index contributed by atoms with van der Waals surface area (Å²) >= 11 is 0. The number of carbonyl (C=O) groups excluding carboxylic acids is 2. The van der Waals surface area contributed by atoms with Crippen molar-refractivity contribution in [1.29, 1.82) is 0 Å². The average Bonchev–Trinajstić information content (AvgIpc) is 2.70. The Morgan fingerprint density at radius 1 is 0.767 bits per heavy atom. The van der Waals surface area contributed by atoms with Crippen molar-refractivity contribution in [2.45, 2.75) is 110 Å². The van der Waals surface area contributed by atoms with Gasteiger partial charge in [0.15, 0.2) is 12.2 Å². The van der Waals surface area contributed by atoms with Gasteiger partial charge < -0.3 is 14.6 Å². The summed E-state index contributed by atoms with van der Waals surface area (Å²) in [6.07, 6.45) is 19.0. The third-order valence-corrected chi connectivity index (χ3v) is 4.61. The van der Waals surface area contributed by atoms with Crippen LogP contribution in [0.5, 0.6) is 0 Å². The number of carboxylic acids is 1. The van der Waals surface area contributed by atoms with Crippen LogP contribution in [0.25, 0.3) is 0 Å². The minimum Gasteiger partial charge on any atom is -0.479 e. The van der Waals surface area contributed by atoms with Crippen molar-refractivity contribution in [2.75, 3.05) is 0 Å². The van der Waals surface area contributed by atoms with Gasteiger partial charge in [0.05, 0.1) is 0 Å². The number of rotatable bonds is 18. The number of esters is 2. The van der Waals surface area contributed by atoms with E-state index in [4.69, 9.17) is 9.84 Å². The van der Waals surface area contributed by atoms with Crippen LogP contribution in [0.1, 0.15) is 97.8 Å². The van der Waals surface area contributed by atoms with Gasteiger partial charge in [-0.3, -0.25) is 4.79 Å². The molecule has 172 valence electrons. The molecule has 0 aromatic carbocycles. The number of hydrogen-bond donors (Lipinski definition) is 1. The number of allylic oxidation sites excluding steroid dienone is 4. The average molecular weight is 425 g/mol. The van der Waals surface area contributed by atoms with E-state index in [0.29, 0.717) is 6.42 Å². The van der Waals surface area contributed by atoms with E-state index in [1.54, 1.807) is 0 Å². The zero-order valence-corrected chi connectivity index (χ0v) is 18.9. The van der Waals surface area contributed by atoms with Gasteiger partial charge in [0.1, 0.15) is 0 Å². The Morgan fingerprint density at radius 3 is 1.93 bits per heavy atom. The highest BCUT2D eigenvalue weighted by atomic mass is 16.6. The van der Waals surface area contributed by atoms with Gasteiger partial charge >= 0.3 is 17.9 Å². The van der Waals surface area contributed by atoms with E-state index >= 15 is 0 Å². The molecule has 30 heavy (non-hydrogen) atoms. The quantitative estimate of drug-likeness (QED) is 0.171. The lowest BCUT2D eigenvalue weighted by Gasteiger charge is -2.14. The fraction of sp³-hybridized carbons (Fsp3) is 0.708. The Hall–Kier alpha value is -2.11. The van der Waals surface area contributed by atoms with Crippen LogP contribution in [0.3, 0.4) is 0 Å². The Labute approximate surface area is 181 Å². The zero-order valence-electron chi connectivity index (χ0n) is 18.9. The molecule has 6 heteroatoms. The Morgan fingerprint density at radius 2 is 1.33 bits per heavy atom. The van der Waals surface area contributed by atoms with Gasteiger partial charge in [-0.25, -0.2) is 9.59 Å². The molecule has 2 atom stereocenters. The van der Waals surface area contributed by atoms with Crippen LogP contribution in [0.4, 0.5) is 0 Å². The first-order valence-corrected chi connectivity index (χ1v) is 11.3. The van der Waals surface area contributed by atoms with Gasteiger partial charge in [0.25, 0.3) is 0 Å². The topological polar surface area (TPSA) is 89.9 Å². The minimum atomic E-state index is -1.26. The van der Waals surface area contributed by atoms with Gasteiger partial charge in [-0.05, 0) is 52.4 Å². The van der Waals surface area contributed by atoms with Crippen LogP contribution in [-0.2, 0) is 23.9 Å². The Kier molecular flexibility index (Phi) is 17.6. The predicted octanol–water partition coefficient (Wildman–Crippen LogP) is 5.75. The fourth-order valence-electron chi connectivity index (χ4n) is 2.71. The maximum atomic E-state index is 11.8. The lowest BCUT2D eigenvalue weighted by molar-refractivity contribution is -0.174. The third kappa shape index (κ3) is 16.8. The number of carboxylic acid groups (broad SMARTS) is 1. The van der Waals surface area contributed by atoms with Crippen molar-refractivity contribution >= 4 is 17.9 Å². The molecule has 6 nitrogen and oxygen atoms in total. The lowest BCUT2D eigenvalue weighted by atomic mass is 10.1. The molecule has 0 unspecified atom stereocenters. The standard InChI is InChI=1S/C24H40O6/c1-4-5-6-7-8-9-10-11-12-13-14-15-16-17-18-19-22(25)29-21(3)24(28)30-20(2)23(26)27/h8-9,11-12,20-21H,4-7,10,13-19H2,1-3H3,(H,26,27)/b9-8-,12-11-/t20-,21+/m0/s1. The highest BCUT2D eigenvalue weighted by Crippen LogP contribution is 2.10. The second-order valence-electron chi connectivity index (χ2n) is 7.53. The molecule has 0 saturated carbocycles. The van der Waals surface area contributed by atoms with Gasteiger partial charge in [-0.2, -0.15) is 0 Å². The van der Waals surface area contributed by atoms with Crippen LogP contribution < -0.4 is 0 Å². The van der Waals surface area contributed by atoms with Crippen LogP contribution in [-0.4, -0.2) is 35.2 Å². The van der Waals surface area contributed by atoms with Crippen LogP contribution in [0, 0.1) is 0 Å². The van der Waals surface area contributed by atoms with Crippen LogP contribution in [0.15, 0.2) is 24.3 Å². The number of hydrogen-bond acceptors (Lipinski definition) is 5. The summed E-state index contributed by atoms with van der Waals surface area (Å²) in [6.45, 7) is 4.84. The molecule has 0 rings (SSSR count). The summed E-state index contributed by atoms with van der Waals surface area (Å²) < 4.78 is 9.67. The maximum absolute atomic E-state index is 11.8. The molecule has 0 amide bonds. The fourth-order valence-corrected chi connectivity index (χ4v) is 2.71. The van der Waals surface area contributed by atoms with Gasteiger partial charge in [0.2, 0.25) is 0 Å². The SMILES string of the molecule is CCCCC/C=C\C/C=C\CCCCCCCC(=O)O[C@H](C)C(=O)O[C@@H](C)C(=O)O. The predicted molar refractivity (Wildman–Crippen MR) is 118 cm³/mol. The molecule has 0 aliphatic heterocycles. The second kappa shape index (κ2) is 18.9. The van der Waals surface area contributed by atoms with E-state index in [1.807, 2.05) is 0 Å². The molecule has 1 N–H and O–H groups in total. The van der Waals surface area contributed by atoms with E-state index in [2.05, 4.69) is 36.0 Å². The smallest absolute Gasteiger partial charge is 0.347 e. The van der Waals surface area contributed by atoms with Crippen molar-refractivity contribution in [2.24, 2.45) is 0 Å². The molecule has 0 aliphatic rings. The molecule has 0 aromatic heterocycles. The van der Waals surface area contributed by atoms with Gasteiger partial charge in [0, 0.05) is 6.42 Å². The first-order chi connectivity index (χ1) is 14.4. The summed E-state index contributed by atoms with van der Waals surface area (Å²) in [5.41, 5.74) is 0. The molecule has 0 fully saturated rings. The molecule has 0 heterocycles. The second-order valence-corrected chi connectivity index (χ2v) is 7.53. The summed E-state index contributed by atoms with van der Waals surface area (Å²) in [7, 11) is 0. The van der Waals surface area contributed by atoms with Gasteiger partial charge in [-0.1, -0.05) is 63.3 Å². The highest BCUT2D eigenvalue weighted by Gasteiger charge is 2.23. The van der Waals surface area contributed by atoms with E-state index in [-0.39, 0.29) is 6.42 Å². The number of aliphatic carboxylic acids is 1. The van der Waals surface area contributed by atoms with E-state index in [9.17, 15) is 14.4 Å². The largest absolute Gasteiger partial charge is 0.479 e. The summed E-state index contributed by atoms with van der Waals surface area (Å²) in [5.74, 6) is -2.56. The molecule has 0 aliphatic carbocycles. The van der Waals surface area contributed by atoms with Crippen molar-refractivity contribution in [3.63, 3.8) is 0 Å². The first kappa shape index (κ1) is 27.9. The summed E-state index contributed by atoms with van der Waals surface area (Å²) in [4.78, 5) is 34.0. The molecule has 0 bridgehead atoms. The maximum Gasteiger partial charge on any atom is 0.347 e. The summed E-state index contributed by atoms with van der Waals surface area (Å²) in [5, 5.41) is 8.71. The third-order valence-electron chi connectivity index (χ3n) is 4.61. The molecule has 0 spiro atoms. The van der Waals surface area contributed by atoms with Crippen molar-refractivity contribution in [3.05, 3.63) is 24.3 Å². The lowest BCUT2D eigenvalue weighted by Crippen LogP contribution is -2.32. The van der Waals surface area contributed by atoms with E-state index < -0.39 is 30.1 Å². The normalized spacial score (nSPS) is 13.4. The van der Waals surface area contributed by atoms with Crippen molar-refractivity contribution in [3.8, 4) is 0 Å². The van der Waals surface area contributed by atoms with Crippen LogP contribution >= 0.6 is 0 Å². The highest BCUT2D eigenvalue weighted by molar-refractivity contribution is 5.82. The van der Waals surface area contributed by atoms with Gasteiger partial charge in [-0.15, -0.1) is 0 Å². The molecule has 0 saturated heterocycles. The number of carbonyl (C=O) groups is 3.